The van der Waals surface area contributed by atoms with Gasteiger partial charge in [-0.05, 0) is 24.8 Å². The summed E-state index contributed by atoms with van der Waals surface area (Å²) in [7, 11) is 0. The standard InChI is InChI=1S/C21H28ClNO3S/c1-14(2)12-26-21(25)18-13-27-20(16-10-6-7-11-17(16)22)23(18)19(24)15-8-4-3-5-9-15/h6-7,10-11,14-15,18,20H,3-5,8-9,12-13H2,1-2H3. The second-order valence-electron chi connectivity index (χ2n) is 7.83. The molecule has 148 valence electrons. The molecule has 6 heteroatoms. The van der Waals surface area contributed by atoms with E-state index in [1.165, 1.54) is 6.42 Å². The van der Waals surface area contributed by atoms with Gasteiger partial charge in [0.05, 0.1) is 6.61 Å². The maximum atomic E-state index is 13.4. The van der Waals surface area contributed by atoms with E-state index in [1.807, 2.05) is 38.1 Å². The Labute approximate surface area is 171 Å². The zero-order valence-electron chi connectivity index (χ0n) is 16.0. The highest BCUT2D eigenvalue weighted by atomic mass is 35.5. The number of amides is 1. The molecule has 3 rings (SSSR count). The van der Waals surface area contributed by atoms with Gasteiger partial charge in [-0.3, -0.25) is 4.79 Å². The average molecular weight is 410 g/mol. The predicted molar refractivity (Wildman–Crippen MR) is 110 cm³/mol. The second-order valence-corrected chi connectivity index (χ2v) is 9.35. The van der Waals surface area contributed by atoms with Crippen LogP contribution in [0.2, 0.25) is 5.02 Å². The molecular weight excluding hydrogens is 382 g/mol. The quantitative estimate of drug-likeness (QED) is 0.637. The molecule has 1 saturated carbocycles. The van der Waals surface area contributed by atoms with Gasteiger partial charge in [0.2, 0.25) is 5.91 Å². The number of rotatable bonds is 5. The van der Waals surface area contributed by atoms with E-state index >= 15 is 0 Å². The molecule has 1 aromatic rings. The van der Waals surface area contributed by atoms with Gasteiger partial charge >= 0.3 is 5.97 Å². The molecule has 0 spiro atoms. The number of benzene rings is 1. The lowest BCUT2D eigenvalue weighted by Crippen LogP contribution is -2.47. The van der Waals surface area contributed by atoms with Gasteiger partial charge in [0, 0.05) is 22.3 Å². The van der Waals surface area contributed by atoms with E-state index in [4.69, 9.17) is 16.3 Å². The molecule has 0 aromatic heterocycles. The lowest BCUT2D eigenvalue weighted by Gasteiger charge is -2.33. The van der Waals surface area contributed by atoms with Crippen molar-refractivity contribution in [2.24, 2.45) is 11.8 Å². The fourth-order valence-electron chi connectivity index (χ4n) is 3.78. The Kier molecular flexibility index (Phi) is 7.10. The number of carbonyl (C=O) groups is 2. The number of thioether (sulfide) groups is 1. The maximum Gasteiger partial charge on any atom is 0.329 e. The van der Waals surface area contributed by atoms with Crippen LogP contribution < -0.4 is 0 Å². The van der Waals surface area contributed by atoms with Gasteiger partial charge in [-0.15, -0.1) is 11.8 Å². The third-order valence-electron chi connectivity index (χ3n) is 5.21. The Morgan fingerprint density at radius 3 is 2.59 bits per heavy atom. The van der Waals surface area contributed by atoms with Crippen molar-refractivity contribution in [1.29, 1.82) is 0 Å². The number of hydrogen-bond donors (Lipinski definition) is 0. The Hall–Kier alpha value is -1.20. The van der Waals surface area contributed by atoms with Crippen molar-refractivity contribution in [1.82, 2.24) is 4.90 Å². The van der Waals surface area contributed by atoms with Gasteiger partial charge in [-0.2, -0.15) is 0 Å². The molecule has 1 aliphatic heterocycles. The first kappa shape index (κ1) is 20.5. The molecule has 27 heavy (non-hydrogen) atoms. The van der Waals surface area contributed by atoms with Gasteiger partial charge in [-0.25, -0.2) is 4.79 Å². The normalized spacial score (nSPS) is 23.6. The molecule has 1 saturated heterocycles. The summed E-state index contributed by atoms with van der Waals surface area (Å²) in [6.07, 6.45) is 5.16. The van der Waals surface area contributed by atoms with Crippen molar-refractivity contribution >= 4 is 35.2 Å². The highest BCUT2D eigenvalue weighted by Gasteiger charge is 2.45. The van der Waals surface area contributed by atoms with Crippen molar-refractivity contribution in [2.45, 2.75) is 57.4 Å². The van der Waals surface area contributed by atoms with E-state index in [0.717, 1.165) is 31.2 Å². The van der Waals surface area contributed by atoms with E-state index < -0.39 is 6.04 Å². The molecule has 2 atom stereocenters. The first-order chi connectivity index (χ1) is 13.0. The Bertz CT molecular complexity index is 675. The maximum absolute atomic E-state index is 13.4. The second kappa shape index (κ2) is 9.33. The minimum atomic E-state index is -0.538. The monoisotopic (exact) mass is 409 g/mol. The van der Waals surface area contributed by atoms with E-state index in [-0.39, 0.29) is 29.1 Å². The predicted octanol–water partition coefficient (Wildman–Crippen LogP) is 5.06. The summed E-state index contributed by atoms with van der Waals surface area (Å²) in [5.74, 6) is 0.601. The lowest BCUT2D eigenvalue weighted by atomic mass is 9.88. The van der Waals surface area contributed by atoms with Crippen LogP contribution in [-0.2, 0) is 14.3 Å². The molecule has 0 N–H and O–H groups in total. The lowest BCUT2D eigenvalue weighted by molar-refractivity contribution is -0.156. The average Bonchev–Trinajstić information content (AvgIpc) is 3.11. The third-order valence-corrected chi connectivity index (χ3v) is 6.86. The molecule has 1 amide bonds. The van der Waals surface area contributed by atoms with Crippen LogP contribution in [0.25, 0.3) is 0 Å². The van der Waals surface area contributed by atoms with Gasteiger partial charge in [0.15, 0.2) is 0 Å². The number of ether oxygens (including phenoxy) is 1. The summed E-state index contributed by atoms with van der Waals surface area (Å²) < 4.78 is 5.49. The van der Waals surface area contributed by atoms with E-state index in [1.54, 1.807) is 16.7 Å². The smallest absolute Gasteiger partial charge is 0.329 e. The number of hydrogen-bond acceptors (Lipinski definition) is 4. The molecule has 2 unspecified atom stereocenters. The largest absolute Gasteiger partial charge is 0.464 e. The SMILES string of the molecule is CC(C)COC(=O)C1CSC(c2ccccc2Cl)N1C(=O)C1CCCCC1. The molecule has 1 heterocycles. The van der Waals surface area contributed by atoms with Crippen LogP contribution in [0, 0.1) is 11.8 Å². The van der Waals surface area contributed by atoms with Crippen LogP contribution >= 0.6 is 23.4 Å². The molecule has 1 aliphatic carbocycles. The third kappa shape index (κ3) is 4.80. The number of halogens is 1. The highest BCUT2D eigenvalue weighted by Crippen LogP contribution is 2.45. The fourth-order valence-corrected chi connectivity index (χ4v) is 5.54. The van der Waals surface area contributed by atoms with Gasteiger partial charge < -0.3 is 9.64 Å². The Balaban J connectivity index is 1.86. The number of nitrogens with zero attached hydrogens (tertiary/aromatic N) is 1. The first-order valence-electron chi connectivity index (χ1n) is 9.84. The molecule has 0 bridgehead atoms. The molecule has 2 aliphatic rings. The summed E-state index contributed by atoms with van der Waals surface area (Å²) in [5.41, 5.74) is 0.896. The minimum absolute atomic E-state index is 0.00263. The topological polar surface area (TPSA) is 46.6 Å². The highest BCUT2D eigenvalue weighted by molar-refractivity contribution is 7.99. The molecule has 4 nitrogen and oxygen atoms in total. The summed E-state index contributed by atoms with van der Waals surface area (Å²) in [4.78, 5) is 27.9. The summed E-state index contributed by atoms with van der Waals surface area (Å²) in [5, 5.41) is 0.400. The van der Waals surface area contributed by atoms with Crippen LogP contribution in [0.15, 0.2) is 24.3 Å². The van der Waals surface area contributed by atoms with E-state index in [9.17, 15) is 9.59 Å². The van der Waals surface area contributed by atoms with Crippen molar-refractivity contribution < 1.29 is 14.3 Å². The van der Waals surface area contributed by atoms with Gasteiger partial charge in [0.25, 0.3) is 0 Å². The van der Waals surface area contributed by atoms with E-state index in [2.05, 4.69) is 0 Å². The summed E-state index contributed by atoms with van der Waals surface area (Å²) >= 11 is 8.02. The summed E-state index contributed by atoms with van der Waals surface area (Å²) in [6, 6.07) is 7.06. The number of carbonyl (C=O) groups excluding carboxylic acids is 2. The Morgan fingerprint density at radius 1 is 1.22 bits per heavy atom. The van der Waals surface area contributed by atoms with Crippen molar-refractivity contribution in [3.8, 4) is 0 Å². The van der Waals surface area contributed by atoms with Crippen molar-refractivity contribution in [3.63, 3.8) is 0 Å². The van der Waals surface area contributed by atoms with Gasteiger partial charge in [0.1, 0.15) is 11.4 Å². The fraction of sp³-hybridized carbons (Fsp3) is 0.619. The number of esters is 1. The molecule has 2 fully saturated rings. The van der Waals surface area contributed by atoms with Crippen LogP contribution in [0.4, 0.5) is 0 Å². The van der Waals surface area contributed by atoms with Crippen LogP contribution in [0.3, 0.4) is 0 Å². The van der Waals surface area contributed by atoms with Crippen LogP contribution in [0.1, 0.15) is 56.9 Å². The Morgan fingerprint density at radius 2 is 1.93 bits per heavy atom. The molecule has 1 aromatic carbocycles. The minimum Gasteiger partial charge on any atom is -0.464 e. The van der Waals surface area contributed by atoms with Gasteiger partial charge in [-0.1, -0.05) is 62.9 Å². The zero-order valence-corrected chi connectivity index (χ0v) is 17.6. The molecule has 0 radical (unpaired) electrons. The first-order valence-corrected chi connectivity index (χ1v) is 11.3. The van der Waals surface area contributed by atoms with Crippen LogP contribution in [0.5, 0.6) is 0 Å². The van der Waals surface area contributed by atoms with E-state index in [0.29, 0.717) is 17.4 Å². The van der Waals surface area contributed by atoms with Crippen molar-refractivity contribution in [2.75, 3.05) is 12.4 Å². The summed E-state index contributed by atoms with van der Waals surface area (Å²) in [6.45, 7) is 4.39. The van der Waals surface area contributed by atoms with Crippen LogP contribution in [-0.4, -0.2) is 35.2 Å². The van der Waals surface area contributed by atoms with Crippen molar-refractivity contribution in [3.05, 3.63) is 34.9 Å². The zero-order chi connectivity index (χ0) is 19.4. The molecular formula is C21H28ClNO3S.